The number of amides is 3. The molecule has 7 heteroatoms. The van der Waals surface area contributed by atoms with Crippen LogP contribution in [-0.2, 0) is 10.2 Å². The first-order valence-corrected chi connectivity index (χ1v) is 12.0. The van der Waals surface area contributed by atoms with Gasteiger partial charge in [-0.25, -0.2) is 9.48 Å². The molecule has 0 spiro atoms. The molecular weight excluding hydrogens is 438 g/mol. The first-order valence-electron chi connectivity index (χ1n) is 12.0. The molecule has 3 rings (SSSR count). The third kappa shape index (κ3) is 6.94. The highest BCUT2D eigenvalue weighted by Crippen LogP contribution is 2.26. The molecule has 1 heterocycles. The molecule has 0 aliphatic rings. The van der Waals surface area contributed by atoms with Crippen molar-refractivity contribution in [1.82, 2.24) is 14.7 Å². The van der Waals surface area contributed by atoms with E-state index >= 15 is 0 Å². The van der Waals surface area contributed by atoms with Crippen LogP contribution in [0.2, 0.25) is 0 Å². The van der Waals surface area contributed by atoms with E-state index in [-0.39, 0.29) is 29.8 Å². The molecule has 0 aliphatic carbocycles. The van der Waals surface area contributed by atoms with Crippen molar-refractivity contribution in [2.45, 2.75) is 53.9 Å². The number of carbonyl (C=O) groups is 2. The predicted octanol–water partition coefficient (Wildman–Crippen LogP) is 5.92. The maximum Gasteiger partial charge on any atom is 0.322 e. The Morgan fingerprint density at radius 1 is 1.00 bits per heavy atom. The minimum atomic E-state index is -0.300. The fourth-order valence-corrected chi connectivity index (χ4v) is 3.72. The molecule has 7 nitrogen and oxygen atoms in total. The maximum absolute atomic E-state index is 13.2. The lowest BCUT2D eigenvalue weighted by Crippen LogP contribution is -2.42. The van der Waals surface area contributed by atoms with Gasteiger partial charge in [-0.2, -0.15) is 5.10 Å². The van der Waals surface area contributed by atoms with Crippen molar-refractivity contribution >= 4 is 23.4 Å². The second-order valence-corrected chi connectivity index (χ2v) is 10.5. The quantitative estimate of drug-likeness (QED) is 0.445. The molecule has 0 atom stereocenters. The zero-order valence-corrected chi connectivity index (χ0v) is 21.8. The number of nitrogens with one attached hydrogen (secondary N) is 2. The van der Waals surface area contributed by atoms with Crippen molar-refractivity contribution in [2.24, 2.45) is 5.92 Å². The molecule has 3 amide bonds. The molecule has 0 unspecified atom stereocenters. The average Bonchev–Trinajstić information content (AvgIpc) is 3.19. The number of para-hydroxylation sites is 1. The Hall–Kier alpha value is -3.61. The van der Waals surface area contributed by atoms with Crippen molar-refractivity contribution in [3.8, 4) is 5.69 Å². The van der Waals surface area contributed by atoms with Crippen molar-refractivity contribution < 1.29 is 9.59 Å². The van der Waals surface area contributed by atoms with E-state index in [1.54, 1.807) is 9.58 Å². The van der Waals surface area contributed by atoms with Crippen LogP contribution in [0.1, 0.15) is 51.4 Å². The molecule has 0 radical (unpaired) electrons. The highest BCUT2D eigenvalue weighted by molar-refractivity contribution is 5.97. The molecule has 186 valence electrons. The lowest BCUT2D eigenvalue weighted by Gasteiger charge is -2.25. The maximum atomic E-state index is 13.2. The number of nitrogens with zero attached hydrogens (tertiary/aromatic N) is 3. The van der Waals surface area contributed by atoms with Gasteiger partial charge in [0.15, 0.2) is 0 Å². The van der Waals surface area contributed by atoms with Crippen LogP contribution in [0.5, 0.6) is 0 Å². The number of rotatable bonds is 7. The summed E-state index contributed by atoms with van der Waals surface area (Å²) in [6.07, 6.45) is 0. The molecule has 0 fully saturated rings. The molecule has 2 aromatic carbocycles. The Labute approximate surface area is 208 Å². The van der Waals surface area contributed by atoms with Crippen LogP contribution in [0.25, 0.3) is 5.69 Å². The zero-order valence-electron chi connectivity index (χ0n) is 21.8. The summed E-state index contributed by atoms with van der Waals surface area (Å²) in [6.45, 7) is 14.6. The largest absolute Gasteiger partial charge is 0.322 e. The number of aryl methyl sites for hydroxylation is 2. The minimum Gasteiger partial charge on any atom is -0.315 e. The lowest BCUT2D eigenvalue weighted by molar-refractivity contribution is -0.116. The Morgan fingerprint density at radius 3 is 2.34 bits per heavy atom. The number of benzene rings is 2. The standard InChI is InChI=1S/C28H37N5O2/c1-19(2)17-32(27(35)29-23-14-9-8-12-21(23)4)18-26(34)30-25-16-24(28(5,6)7)31-33(25)22-13-10-11-20(3)15-22/h8-16,19H,17-18H2,1-7H3,(H,29,35)(H,30,34). The highest BCUT2D eigenvalue weighted by Gasteiger charge is 2.23. The smallest absolute Gasteiger partial charge is 0.315 e. The van der Waals surface area contributed by atoms with Crippen LogP contribution in [0.15, 0.2) is 54.6 Å². The summed E-state index contributed by atoms with van der Waals surface area (Å²) in [5, 5.41) is 10.7. The van der Waals surface area contributed by atoms with Gasteiger partial charge in [-0.1, -0.05) is 65.0 Å². The van der Waals surface area contributed by atoms with Crippen LogP contribution in [0.4, 0.5) is 16.3 Å². The Kier molecular flexibility index (Phi) is 7.99. The average molecular weight is 476 g/mol. The van der Waals surface area contributed by atoms with Gasteiger partial charge in [0.1, 0.15) is 12.4 Å². The Bertz CT molecular complexity index is 1190. The second-order valence-electron chi connectivity index (χ2n) is 10.5. The van der Waals surface area contributed by atoms with Crippen LogP contribution in [0.3, 0.4) is 0 Å². The van der Waals surface area contributed by atoms with Crippen LogP contribution < -0.4 is 10.6 Å². The lowest BCUT2D eigenvalue weighted by atomic mass is 9.92. The van der Waals surface area contributed by atoms with E-state index in [2.05, 4.69) is 31.4 Å². The summed E-state index contributed by atoms with van der Waals surface area (Å²) in [5.74, 6) is 0.505. The van der Waals surface area contributed by atoms with Gasteiger partial charge < -0.3 is 15.5 Å². The van der Waals surface area contributed by atoms with E-state index < -0.39 is 0 Å². The molecule has 2 N–H and O–H groups in total. The number of hydrogen-bond acceptors (Lipinski definition) is 3. The number of aromatic nitrogens is 2. The van der Waals surface area contributed by atoms with Crippen molar-refractivity contribution in [1.29, 1.82) is 0 Å². The summed E-state index contributed by atoms with van der Waals surface area (Å²) < 4.78 is 1.76. The number of hydrogen-bond donors (Lipinski definition) is 2. The highest BCUT2D eigenvalue weighted by atomic mass is 16.2. The summed E-state index contributed by atoms with van der Waals surface area (Å²) >= 11 is 0. The Morgan fingerprint density at radius 2 is 1.71 bits per heavy atom. The van der Waals surface area contributed by atoms with Crippen LogP contribution in [-0.4, -0.2) is 39.7 Å². The summed E-state index contributed by atoms with van der Waals surface area (Å²) in [4.78, 5) is 27.8. The first-order chi connectivity index (χ1) is 16.4. The van der Waals surface area contributed by atoms with Crippen LogP contribution in [0, 0.1) is 19.8 Å². The molecule has 0 saturated carbocycles. The monoisotopic (exact) mass is 475 g/mol. The molecular formula is C28H37N5O2. The number of urea groups is 1. The molecule has 1 aromatic heterocycles. The van der Waals surface area contributed by atoms with Crippen molar-refractivity contribution in [3.05, 3.63) is 71.4 Å². The van der Waals surface area contributed by atoms with Gasteiger partial charge in [0.05, 0.1) is 11.4 Å². The zero-order chi connectivity index (χ0) is 25.8. The summed E-state index contributed by atoms with van der Waals surface area (Å²) in [7, 11) is 0. The first kappa shape index (κ1) is 26.0. The summed E-state index contributed by atoms with van der Waals surface area (Å²) in [5.41, 5.74) is 4.35. The number of carbonyl (C=O) groups excluding carboxylic acids is 2. The SMILES string of the molecule is Cc1cccc(-n2nc(C(C)(C)C)cc2NC(=O)CN(CC(C)C)C(=O)Nc2ccccc2C)c1. The van der Waals surface area contributed by atoms with Gasteiger partial charge in [-0.3, -0.25) is 4.79 Å². The van der Waals surface area contributed by atoms with E-state index in [4.69, 9.17) is 5.10 Å². The Balaban J connectivity index is 1.83. The molecule has 35 heavy (non-hydrogen) atoms. The fourth-order valence-electron chi connectivity index (χ4n) is 3.72. The van der Waals surface area contributed by atoms with E-state index in [0.717, 1.165) is 28.2 Å². The molecule has 3 aromatic rings. The van der Waals surface area contributed by atoms with Gasteiger partial charge in [-0.05, 0) is 49.1 Å². The van der Waals surface area contributed by atoms with Gasteiger partial charge in [0.2, 0.25) is 5.91 Å². The summed E-state index contributed by atoms with van der Waals surface area (Å²) in [6, 6.07) is 17.2. The molecule has 0 bridgehead atoms. The number of anilines is 2. The van der Waals surface area contributed by atoms with E-state index in [9.17, 15) is 9.59 Å². The van der Waals surface area contributed by atoms with E-state index in [1.807, 2.05) is 82.3 Å². The van der Waals surface area contributed by atoms with E-state index in [0.29, 0.717) is 12.4 Å². The predicted molar refractivity (Wildman–Crippen MR) is 142 cm³/mol. The normalized spacial score (nSPS) is 11.4. The minimum absolute atomic E-state index is 0.0697. The van der Waals surface area contributed by atoms with Gasteiger partial charge in [0.25, 0.3) is 0 Å². The van der Waals surface area contributed by atoms with Crippen LogP contribution >= 0.6 is 0 Å². The molecule has 0 aliphatic heterocycles. The van der Waals surface area contributed by atoms with Gasteiger partial charge >= 0.3 is 6.03 Å². The fraction of sp³-hybridized carbons (Fsp3) is 0.393. The van der Waals surface area contributed by atoms with Gasteiger partial charge in [-0.15, -0.1) is 0 Å². The third-order valence-electron chi connectivity index (χ3n) is 5.59. The van der Waals surface area contributed by atoms with Gasteiger partial charge in [0, 0.05) is 23.7 Å². The van der Waals surface area contributed by atoms with E-state index in [1.165, 1.54) is 0 Å². The van der Waals surface area contributed by atoms with Crippen molar-refractivity contribution in [2.75, 3.05) is 23.7 Å². The second kappa shape index (κ2) is 10.8. The third-order valence-corrected chi connectivity index (χ3v) is 5.59. The van der Waals surface area contributed by atoms with Crippen molar-refractivity contribution in [3.63, 3.8) is 0 Å². The topological polar surface area (TPSA) is 79.3 Å². The molecule has 0 saturated heterocycles.